The summed E-state index contributed by atoms with van der Waals surface area (Å²) < 4.78 is 5.85. The van der Waals surface area contributed by atoms with Crippen LogP contribution in [-0.4, -0.2) is 60.4 Å². The third-order valence-electron chi connectivity index (χ3n) is 5.96. The molecule has 2 aromatic rings. The molecule has 3 rings (SSSR count). The highest BCUT2D eigenvalue weighted by atomic mass is 16.5. The van der Waals surface area contributed by atoms with Gasteiger partial charge >= 0.3 is 0 Å². The molecule has 1 N–H and O–H groups in total. The van der Waals surface area contributed by atoms with Gasteiger partial charge in [-0.1, -0.05) is 43.7 Å². The Kier molecular flexibility index (Phi) is 8.15. The molecule has 1 saturated heterocycles. The van der Waals surface area contributed by atoms with Crippen molar-refractivity contribution in [2.45, 2.75) is 40.2 Å². The summed E-state index contributed by atoms with van der Waals surface area (Å²) in [6.45, 7) is 9.88. The maximum atomic E-state index is 13.2. The number of hydrogen-bond donors (Lipinski definition) is 1. The molecule has 34 heavy (non-hydrogen) atoms. The van der Waals surface area contributed by atoms with Crippen LogP contribution in [0.4, 0.5) is 0 Å². The van der Waals surface area contributed by atoms with E-state index in [4.69, 9.17) is 4.74 Å². The largest absolute Gasteiger partial charge is 0.507 e. The number of ether oxygens (including phenoxy) is 1. The van der Waals surface area contributed by atoms with Crippen LogP contribution in [0.25, 0.3) is 5.76 Å². The summed E-state index contributed by atoms with van der Waals surface area (Å²) in [6.07, 6.45) is 0.726. The second kappa shape index (κ2) is 10.9. The minimum atomic E-state index is -0.647. The highest BCUT2D eigenvalue weighted by molar-refractivity contribution is 6.46. The normalized spacial score (nSPS) is 17.8. The van der Waals surface area contributed by atoms with E-state index in [1.54, 1.807) is 23.1 Å². The van der Waals surface area contributed by atoms with Gasteiger partial charge in [-0.3, -0.25) is 9.59 Å². The number of nitrogens with zero attached hydrogens (tertiary/aromatic N) is 2. The molecule has 6 nitrogen and oxygen atoms in total. The Morgan fingerprint density at radius 2 is 1.76 bits per heavy atom. The predicted octanol–water partition coefficient (Wildman–Crippen LogP) is 4.71. The van der Waals surface area contributed by atoms with Crippen molar-refractivity contribution in [3.8, 4) is 5.75 Å². The zero-order valence-electron chi connectivity index (χ0n) is 21.1. The summed E-state index contributed by atoms with van der Waals surface area (Å²) in [5.41, 5.74) is 3.38. The third-order valence-corrected chi connectivity index (χ3v) is 5.96. The second-order valence-corrected chi connectivity index (χ2v) is 9.75. The molecule has 1 heterocycles. The van der Waals surface area contributed by atoms with Gasteiger partial charge in [0.25, 0.3) is 11.7 Å². The van der Waals surface area contributed by atoms with Gasteiger partial charge in [-0.05, 0) is 76.2 Å². The van der Waals surface area contributed by atoms with Crippen LogP contribution in [0.3, 0.4) is 0 Å². The Hall–Kier alpha value is -3.12. The first-order chi connectivity index (χ1) is 16.1. The number of hydrogen-bond acceptors (Lipinski definition) is 5. The molecule has 1 atom stereocenters. The highest BCUT2D eigenvalue weighted by Crippen LogP contribution is 2.40. The van der Waals surface area contributed by atoms with E-state index < -0.39 is 17.7 Å². The Bertz CT molecular complexity index is 1070. The van der Waals surface area contributed by atoms with E-state index in [-0.39, 0.29) is 11.3 Å². The topological polar surface area (TPSA) is 70.1 Å². The Balaban J connectivity index is 2.03. The highest BCUT2D eigenvalue weighted by Gasteiger charge is 2.45. The van der Waals surface area contributed by atoms with E-state index in [2.05, 4.69) is 13.8 Å². The van der Waals surface area contributed by atoms with E-state index in [1.807, 2.05) is 57.1 Å². The van der Waals surface area contributed by atoms with Gasteiger partial charge in [0, 0.05) is 12.1 Å². The number of carbonyl (C=O) groups excluding carboxylic acids is 2. The zero-order valence-corrected chi connectivity index (χ0v) is 21.1. The number of amides is 1. The van der Waals surface area contributed by atoms with E-state index in [9.17, 15) is 14.7 Å². The second-order valence-electron chi connectivity index (χ2n) is 9.75. The van der Waals surface area contributed by atoms with Crippen molar-refractivity contribution in [2.75, 3.05) is 33.8 Å². The number of carbonyl (C=O) groups is 2. The molecule has 0 aliphatic carbocycles. The first-order valence-electron chi connectivity index (χ1n) is 11.8. The molecule has 182 valence electrons. The lowest BCUT2D eigenvalue weighted by atomic mass is 9.94. The standard InChI is InChI=1S/C28H36N2O4/c1-18(2)17-34-23-13-12-22(16-20(23)4)26(31)24-25(21-10-8-19(3)9-11-21)30(28(33)27(24)32)15-7-14-29(5)6/h8-13,16,18,25,31H,7,14-15,17H2,1-6H3/t25-/m0/s1. The van der Waals surface area contributed by atoms with Crippen LogP contribution in [0, 0.1) is 19.8 Å². The third kappa shape index (κ3) is 5.68. The quantitative estimate of drug-likeness (QED) is 0.331. The zero-order chi connectivity index (χ0) is 25.0. The van der Waals surface area contributed by atoms with E-state index in [0.717, 1.165) is 35.4 Å². The Labute approximate surface area is 202 Å². The fourth-order valence-corrected chi connectivity index (χ4v) is 4.13. The molecule has 1 aliphatic rings. The molecule has 0 radical (unpaired) electrons. The number of rotatable bonds is 9. The van der Waals surface area contributed by atoms with Crippen molar-refractivity contribution in [3.05, 3.63) is 70.3 Å². The summed E-state index contributed by atoms with van der Waals surface area (Å²) in [5.74, 6) is -0.238. The number of likely N-dealkylation sites (tertiary alicyclic amines) is 1. The average molecular weight is 465 g/mol. The minimum Gasteiger partial charge on any atom is -0.507 e. The fourth-order valence-electron chi connectivity index (χ4n) is 4.13. The van der Waals surface area contributed by atoms with Crippen LogP contribution in [0.2, 0.25) is 0 Å². The van der Waals surface area contributed by atoms with Gasteiger partial charge < -0.3 is 19.6 Å². The van der Waals surface area contributed by atoms with Crippen LogP contribution in [0.5, 0.6) is 5.75 Å². The molecule has 2 aromatic carbocycles. The molecule has 0 aromatic heterocycles. The first-order valence-corrected chi connectivity index (χ1v) is 11.8. The lowest BCUT2D eigenvalue weighted by Crippen LogP contribution is -2.32. The van der Waals surface area contributed by atoms with Gasteiger partial charge in [-0.25, -0.2) is 0 Å². The van der Waals surface area contributed by atoms with Crippen molar-refractivity contribution >= 4 is 17.4 Å². The van der Waals surface area contributed by atoms with Crippen LogP contribution >= 0.6 is 0 Å². The van der Waals surface area contributed by atoms with Crippen molar-refractivity contribution in [3.63, 3.8) is 0 Å². The maximum Gasteiger partial charge on any atom is 0.295 e. The molecule has 0 bridgehead atoms. The number of aliphatic hydroxyl groups excluding tert-OH is 1. The number of aliphatic hydroxyl groups is 1. The van der Waals surface area contributed by atoms with Crippen molar-refractivity contribution in [1.29, 1.82) is 0 Å². The lowest BCUT2D eigenvalue weighted by molar-refractivity contribution is -0.139. The average Bonchev–Trinajstić information content (AvgIpc) is 3.03. The van der Waals surface area contributed by atoms with Gasteiger partial charge in [0.2, 0.25) is 0 Å². The van der Waals surface area contributed by atoms with E-state index in [0.29, 0.717) is 24.6 Å². The molecule has 0 unspecified atom stereocenters. The van der Waals surface area contributed by atoms with Crippen molar-refractivity contribution in [1.82, 2.24) is 9.80 Å². The first kappa shape index (κ1) is 25.5. The minimum absolute atomic E-state index is 0.133. The van der Waals surface area contributed by atoms with Gasteiger partial charge in [-0.15, -0.1) is 0 Å². The molecule has 1 fully saturated rings. The summed E-state index contributed by atoms with van der Waals surface area (Å²) in [6, 6.07) is 12.5. The van der Waals surface area contributed by atoms with Gasteiger partial charge in [0.05, 0.1) is 18.2 Å². The molecular weight excluding hydrogens is 428 g/mol. The van der Waals surface area contributed by atoms with Crippen molar-refractivity contribution < 1.29 is 19.4 Å². The summed E-state index contributed by atoms with van der Waals surface area (Å²) in [5, 5.41) is 11.3. The monoisotopic (exact) mass is 464 g/mol. The number of ketones is 1. The molecular formula is C28H36N2O4. The summed E-state index contributed by atoms with van der Waals surface area (Å²) >= 11 is 0. The number of aryl methyl sites for hydroxylation is 2. The lowest BCUT2D eigenvalue weighted by Gasteiger charge is -2.26. The molecule has 0 saturated carbocycles. The number of Topliss-reactive ketones (excluding diaryl/α,β-unsaturated/α-hetero) is 1. The molecule has 0 spiro atoms. The maximum absolute atomic E-state index is 13.2. The van der Waals surface area contributed by atoms with Crippen LogP contribution < -0.4 is 4.74 Å². The molecule has 6 heteroatoms. The Morgan fingerprint density at radius 1 is 1.09 bits per heavy atom. The van der Waals surface area contributed by atoms with Crippen LogP contribution in [0.15, 0.2) is 48.0 Å². The summed E-state index contributed by atoms with van der Waals surface area (Å²) in [7, 11) is 3.95. The van der Waals surface area contributed by atoms with E-state index in [1.165, 1.54) is 0 Å². The van der Waals surface area contributed by atoms with Crippen LogP contribution in [0.1, 0.15) is 48.6 Å². The van der Waals surface area contributed by atoms with Gasteiger partial charge in [-0.2, -0.15) is 0 Å². The number of benzene rings is 2. The van der Waals surface area contributed by atoms with Crippen LogP contribution in [-0.2, 0) is 9.59 Å². The predicted molar refractivity (Wildman–Crippen MR) is 135 cm³/mol. The van der Waals surface area contributed by atoms with Gasteiger partial charge in [0.15, 0.2) is 0 Å². The Morgan fingerprint density at radius 3 is 2.35 bits per heavy atom. The SMILES string of the molecule is Cc1ccc([C@H]2C(=C(O)c3ccc(OCC(C)C)c(C)c3)C(=O)C(=O)N2CCCN(C)C)cc1. The smallest absolute Gasteiger partial charge is 0.295 e. The van der Waals surface area contributed by atoms with E-state index >= 15 is 0 Å². The van der Waals surface area contributed by atoms with Crippen molar-refractivity contribution in [2.24, 2.45) is 5.92 Å². The van der Waals surface area contributed by atoms with Gasteiger partial charge in [0.1, 0.15) is 11.5 Å². The molecule has 1 amide bonds. The molecule has 1 aliphatic heterocycles. The summed E-state index contributed by atoms with van der Waals surface area (Å²) in [4.78, 5) is 29.8. The fraction of sp³-hybridized carbons (Fsp3) is 0.429.